The molecule has 8 heteroatoms. The molecule has 36 heavy (non-hydrogen) atoms. The Bertz CT molecular complexity index is 1280. The average Bonchev–Trinajstić information content (AvgIpc) is 2.89. The van der Waals surface area contributed by atoms with E-state index in [2.05, 4.69) is 5.32 Å². The summed E-state index contributed by atoms with van der Waals surface area (Å²) in [6.45, 7) is 4.29. The van der Waals surface area contributed by atoms with Crippen molar-refractivity contribution in [2.45, 2.75) is 44.0 Å². The van der Waals surface area contributed by atoms with E-state index in [4.69, 9.17) is 0 Å². The maximum absolute atomic E-state index is 13.5. The maximum atomic E-state index is 13.5. The van der Waals surface area contributed by atoms with Gasteiger partial charge in [0, 0.05) is 20.1 Å². The van der Waals surface area contributed by atoms with Crippen molar-refractivity contribution in [3.63, 3.8) is 0 Å². The van der Waals surface area contributed by atoms with Gasteiger partial charge in [0.2, 0.25) is 21.8 Å². The minimum atomic E-state index is -3.91. The summed E-state index contributed by atoms with van der Waals surface area (Å²) in [5, 5.41) is 4.62. The standard InChI is InChI=1S/C28H35N3O4S/c1-4-18-29-28(33)26(5-2)31(19-17-22-11-7-6-8-12-22)27(32)21-30(3)36(34,35)25-16-15-23-13-9-10-14-24(23)20-25/h6-16,20,26H,4-5,17-19,21H2,1-3H3,(H,29,33)/t26-/m0/s1. The van der Waals surface area contributed by atoms with Crippen LogP contribution in [0.3, 0.4) is 0 Å². The van der Waals surface area contributed by atoms with Crippen molar-refractivity contribution in [3.8, 4) is 0 Å². The molecule has 1 atom stereocenters. The van der Waals surface area contributed by atoms with Crippen LogP contribution in [-0.2, 0) is 26.0 Å². The van der Waals surface area contributed by atoms with Crippen molar-refractivity contribution in [2.24, 2.45) is 0 Å². The summed E-state index contributed by atoms with van der Waals surface area (Å²) in [4.78, 5) is 28.0. The Hall–Kier alpha value is -3.23. The van der Waals surface area contributed by atoms with E-state index in [-0.39, 0.29) is 17.3 Å². The lowest BCUT2D eigenvalue weighted by atomic mass is 10.1. The van der Waals surface area contributed by atoms with Gasteiger partial charge in [0.25, 0.3) is 0 Å². The van der Waals surface area contributed by atoms with Gasteiger partial charge in [-0.15, -0.1) is 0 Å². The molecule has 0 unspecified atom stereocenters. The molecule has 192 valence electrons. The van der Waals surface area contributed by atoms with Crippen molar-refractivity contribution >= 4 is 32.6 Å². The van der Waals surface area contributed by atoms with Gasteiger partial charge in [-0.2, -0.15) is 4.31 Å². The van der Waals surface area contributed by atoms with Crippen LogP contribution in [-0.4, -0.2) is 62.2 Å². The summed E-state index contributed by atoms with van der Waals surface area (Å²) in [5.74, 6) is -0.628. The number of nitrogens with one attached hydrogen (secondary N) is 1. The number of benzene rings is 3. The highest BCUT2D eigenvalue weighted by Gasteiger charge is 2.31. The maximum Gasteiger partial charge on any atom is 0.243 e. The number of hydrogen-bond acceptors (Lipinski definition) is 4. The predicted octanol–water partition coefficient (Wildman–Crippen LogP) is 3.84. The number of fused-ring (bicyclic) bond motifs is 1. The molecule has 0 aliphatic carbocycles. The molecule has 0 bridgehead atoms. The number of carbonyl (C=O) groups excluding carboxylic acids is 2. The monoisotopic (exact) mass is 509 g/mol. The van der Waals surface area contributed by atoms with Gasteiger partial charge in [-0.3, -0.25) is 9.59 Å². The molecule has 0 saturated carbocycles. The van der Waals surface area contributed by atoms with Gasteiger partial charge in [0.05, 0.1) is 11.4 Å². The molecule has 0 fully saturated rings. The largest absolute Gasteiger partial charge is 0.354 e. The zero-order chi connectivity index (χ0) is 26.1. The van der Waals surface area contributed by atoms with Gasteiger partial charge in [0.1, 0.15) is 6.04 Å². The molecule has 0 aliphatic rings. The molecule has 0 saturated heterocycles. The fourth-order valence-corrected chi connectivity index (χ4v) is 5.29. The van der Waals surface area contributed by atoms with Crippen LogP contribution in [0.15, 0.2) is 77.7 Å². The lowest BCUT2D eigenvalue weighted by Crippen LogP contribution is -2.52. The number of sulfonamides is 1. The summed E-state index contributed by atoms with van der Waals surface area (Å²) in [5.41, 5.74) is 1.04. The van der Waals surface area contributed by atoms with Crippen LogP contribution in [0.25, 0.3) is 10.8 Å². The van der Waals surface area contributed by atoms with E-state index in [9.17, 15) is 18.0 Å². The number of likely N-dealkylation sites (N-methyl/N-ethyl adjacent to an activating group) is 1. The van der Waals surface area contributed by atoms with E-state index < -0.39 is 22.0 Å². The Labute approximate surface area is 214 Å². The lowest BCUT2D eigenvalue weighted by molar-refractivity contribution is -0.140. The van der Waals surface area contributed by atoms with Crippen LogP contribution in [0.4, 0.5) is 0 Å². The van der Waals surface area contributed by atoms with E-state index >= 15 is 0 Å². The first kappa shape index (κ1) is 27.4. The highest BCUT2D eigenvalue weighted by molar-refractivity contribution is 7.89. The number of rotatable bonds is 12. The first-order chi connectivity index (χ1) is 17.3. The van der Waals surface area contributed by atoms with Crippen molar-refractivity contribution < 1.29 is 18.0 Å². The number of hydrogen-bond donors (Lipinski definition) is 1. The molecule has 3 rings (SSSR count). The zero-order valence-corrected chi connectivity index (χ0v) is 22.0. The normalized spacial score (nSPS) is 12.4. The third kappa shape index (κ3) is 6.71. The van der Waals surface area contributed by atoms with Crippen molar-refractivity contribution in [1.29, 1.82) is 0 Å². The SMILES string of the molecule is CCCNC(=O)[C@H](CC)N(CCc1ccccc1)C(=O)CN(C)S(=O)(=O)c1ccc2ccccc2c1. The van der Waals surface area contributed by atoms with Crippen LogP contribution in [0.1, 0.15) is 32.3 Å². The van der Waals surface area contributed by atoms with Crippen LogP contribution in [0.5, 0.6) is 0 Å². The lowest BCUT2D eigenvalue weighted by Gasteiger charge is -2.32. The van der Waals surface area contributed by atoms with E-state index in [1.165, 1.54) is 11.9 Å². The second-order valence-corrected chi connectivity index (χ2v) is 10.9. The molecule has 0 heterocycles. The predicted molar refractivity (Wildman–Crippen MR) is 143 cm³/mol. The Morgan fingerprint density at radius 2 is 1.58 bits per heavy atom. The zero-order valence-electron chi connectivity index (χ0n) is 21.2. The summed E-state index contributed by atoms with van der Waals surface area (Å²) in [7, 11) is -2.51. The van der Waals surface area contributed by atoms with Crippen LogP contribution in [0.2, 0.25) is 0 Å². The van der Waals surface area contributed by atoms with Gasteiger partial charge in [0.15, 0.2) is 0 Å². The molecule has 7 nitrogen and oxygen atoms in total. The van der Waals surface area contributed by atoms with E-state index in [0.29, 0.717) is 25.9 Å². The smallest absolute Gasteiger partial charge is 0.243 e. The van der Waals surface area contributed by atoms with E-state index in [1.807, 2.05) is 68.4 Å². The highest BCUT2D eigenvalue weighted by Crippen LogP contribution is 2.21. The summed E-state index contributed by atoms with van der Waals surface area (Å²) >= 11 is 0. The van der Waals surface area contributed by atoms with Crippen LogP contribution >= 0.6 is 0 Å². The summed E-state index contributed by atoms with van der Waals surface area (Å²) in [6, 6.07) is 21.5. The topological polar surface area (TPSA) is 86.8 Å². The fraction of sp³-hybridized carbons (Fsp3) is 0.357. The van der Waals surface area contributed by atoms with E-state index in [0.717, 1.165) is 27.1 Å². The first-order valence-electron chi connectivity index (χ1n) is 12.3. The minimum absolute atomic E-state index is 0.125. The number of amides is 2. The molecular weight excluding hydrogens is 474 g/mol. The Kier molecular flexibility index (Phi) is 9.61. The van der Waals surface area contributed by atoms with Gasteiger partial charge in [-0.25, -0.2) is 8.42 Å². The molecule has 2 amide bonds. The number of nitrogens with zero attached hydrogens (tertiary/aromatic N) is 2. The Balaban J connectivity index is 1.82. The quantitative estimate of drug-likeness (QED) is 0.402. The highest BCUT2D eigenvalue weighted by atomic mass is 32.2. The van der Waals surface area contributed by atoms with Crippen molar-refractivity contribution in [2.75, 3.05) is 26.7 Å². The van der Waals surface area contributed by atoms with Crippen LogP contribution < -0.4 is 5.32 Å². The van der Waals surface area contributed by atoms with E-state index in [1.54, 1.807) is 18.2 Å². The molecule has 1 N–H and O–H groups in total. The van der Waals surface area contributed by atoms with Crippen LogP contribution in [0, 0.1) is 0 Å². The Morgan fingerprint density at radius 1 is 0.917 bits per heavy atom. The molecule has 0 aliphatic heterocycles. The third-order valence-electron chi connectivity index (χ3n) is 6.21. The molecule has 0 spiro atoms. The first-order valence-corrected chi connectivity index (χ1v) is 13.8. The second-order valence-electron chi connectivity index (χ2n) is 8.81. The van der Waals surface area contributed by atoms with Crippen molar-refractivity contribution in [3.05, 3.63) is 78.4 Å². The molecular formula is C28H35N3O4S. The van der Waals surface area contributed by atoms with Crippen molar-refractivity contribution in [1.82, 2.24) is 14.5 Å². The van der Waals surface area contributed by atoms with Gasteiger partial charge in [-0.05, 0) is 47.7 Å². The van der Waals surface area contributed by atoms with Gasteiger partial charge in [-0.1, -0.05) is 74.5 Å². The molecule has 3 aromatic carbocycles. The summed E-state index contributed by atoms with van der Waals surface area (Å²) < 4.78 is 27.7. The number of carbonyl (C=O) groups is 2. The Morgan fingerprint density at radius 3 is 2.25 bits per heavy atom. The molecule has 3 aromatic rings. The summed E-state index contributed by atoms with van der Waals surface area (Å²) in [6.07, 6.45) is 1.77. The molecule has 0 aromatic heterocycles. The average molecular weight is 510 g/mol. The second kappa shape index (κ2) is 12.6. The fourth-order valence-electron chi connectivity index (χ4n) is 4.14. The minimum Gasteiger partial charge on any atom is -0.354 e. The third-order valence-corrected chi connectivity index (χ3v) is 8.01. The van der Waals surface area contributed by atoms with Gasteiger partial charge < -0.3 is 10.2 Å². The van der Waals surface area contributed by atoms with Gasteiger partial charge >= 0.3 is 0 Å². The molecule has 0 radical (unpaired) electrons.